The van der Waals surface area contributed by atoms with Crippen LogP contribution < -0.4 is 22.3 Å². The zero-order valence-electron chi connectivity index (χ0n) is 11.9. The summed E-state index contributed by atoms with van der Waals surface area (Å²) < 4.78 is 1.68. The highest BCUT2D eigenvalue weighted by Gasteiger charge is 2.16. The molecule has 0 radical (unpaired) electrons. The van der Waals surface area contributed by atoms with Gasteiger partial charge in [-0.2, -0.15) is 5.26 Å². The monoisotopic (exact) mass is 333 g/mol. The third-order valence-corrected chi connectivity index (χ3v) is 3.77. The Morgan fingerprint density at radius 3 is 2.74 bits per heavy atom. The van der Waals surface area contributed by atoms with Gasteiger partial charge in [-0.3, -0.25) is 14.4 Å². The van der Waals surface area contributed by atoms with Gasteiger partial charge < -0.3 is 15.6 Å². The molecule has 9 nitrogen and oxygen atoms in total. The van der Waals surface area contributed by atoms with Crippen LogP contribution in [0.5, 0.6) is 0 Å². The van der Waals surface area contributed by atoms with Gasteiger partial charge in [0.2, 0.25) is 5.91 Å². The molecule has 2 aromatic heterocycles. The van der Waals surface area contributed by atoms with E-state index in [1.807, 2.05) is 0 Å². The first-order valence-corrected chi connectivity index (χ1v) is 7.10. The second kappa shape index (κ2) is 6.29. The Morgan fingerprint density at radius 2 is 2.13 bits per heavy atom. The van der Waals surface area contributed by atoms with Gasteiger partial charge in [-0.1, -0.05) is 0 Å². The molecular weight excluding hydrogens is 322 g/mol. The quantitative estimate of drug-likeness (QED) is 0.755. The normalized spacial score (nSPS) is 10.1. The van der Waals surface area contributed by atoms with E-state index in [1.54, 1.807) is 11.4 Å². The second-order valence-corrected chi connectivity index (χ2v) is 5.43. The summed E-state index contributed by atoms with van der Waals surface area (Å²) >= 11 is 1.08. The molecule has 3 N–H and O–H groups in total. The number of rotatable bonds is 4. The summed E-state index contributed by atoms with van der Waals surface area (Å²) in [5, 5.41) is 13.1. The van der Waals surface area contributed by atoms with Crippen LogP contribution in [0.3, 0.4) is 0 Å². The van der Waals surface area contributed by atoms with E-state index in [0.717, 1.165) is 22.1 Å². The second-order valence-electron chi connectivity index (χ2n) is 4.52. The maximum atomic E-state index is 12.0. The standard InChI is InChI=1S/C13H11N5O4S/c1-17-5-7(4-14)12(21)18(13(17)22)6-9(19)16-11-8(10(15)20)2-3-23-11/h2-3,5H,6H2,1H3,(H2,15,20)(H,16,19). The number of nitrogens with zero attached hydrogens (tertiary/aromatic N) is 3. The SMILES string of the molecule is Cn1cc(C#N)c(=O)n(CC(=O)Nc2sccc2C(N)=O)c1=O. The Kier molecular flexibility index (Phi) is 4.42. The van der Waals surface area contributed by atoms with Crippen molar-refractivity contribution < 1.29 is 9.59 Å². The smallest absolute Gasteiger partial charge is 0.331 e. The number of anilines is 1. The van der Waals surface area contributed by atoms with E-state index in [1.165, 1.54) is 13.1 Å². The minimum absolute atomic E-state index is 0.134. The van der Waals surface area contributed by atoms with Gasteiger partial charge in [-0.25, -0.2) is 9.36 Å². The van der Waals surface area contributed by atoms with Crippen molar-refractivity contribution in [2.24, 2.45) is 12.8 Å². The lowest BCUT2D eigenvalue weighted by molar-refractivity contribution is -0.116. The van der Waals surface area contributed by atoms with Crippen molar-refractivity contribution in [3.05, 3.63) is 49.6 Å². The van der Waals surface area contributed by atoms with Crippen LogP contribution in [-0.2, 0) is 18.4 Å². The molecule has 2 rings (SSSR count). The molecule has 0 aliphatic carbocycles. The summed E-state index contributed by atoms with van der Waals surface area (Å²) in [5.74, 6) is -1.40. The fraction of sp³-hybridized carbons (Fsp3) is 0.154. The van der Waals surface area contributed by atoms with Crippen LogP contribution in [0.2, 0.25) is 0 Å². The van der Waals surface area contributed by atoms with Gasteiger partial charge in [0.25, 0.3) is 11.5 Å². The fourth-order valence-corrected chi connectivity index (χ4v) is 2.66. The van der Waals surface area contributed by atoms with Crippen LogP contribution >= 0.6 is 11.3 Å². The minimum Gasteiger partial charge on any atom is -0.366 e. The molecule has 2 heterocycles. The summed E-state index contributed by atoms with van der Waals surface area (Å²) in [6.45, 7) is -0.586. The van der Waals surface area contributed by atoms with Crippen molar-refractivity contribution >= 4 is 28.2 Å². The number of thiophene rings is 1. The van der Waals surface area contributed by atoms with Crippen molar-refractivity contribution in [2.75, 3.05) is 5.32 Å². The van der Waals surface area contributed by atoms with Crippen LogP contribution in [-0.4, -0.2) is 20.9 Å². The van der Waals surface area contributed by atoms with Crippen LogP contribution in [0, 0.1) is 11.3 Å². The molecule has 0 atom stereocenters. The number of aromatic nitrogens is 2. The molecule has 0 aromatic carbocycles. The number of nitriles is 1. The van der Waals surface area contributed by atoms with E-state index in [0.29, 0.717) is 4.57 Å². The molecule has 2 amide bonds. The number of primary amides is 1. The first kappa shape index (κ1) is 16.2. The minimum atomic E-state index is -0.855. The summed E-state index contributed by atoms with van der Waals surface area (Å²) in [5.41, 5.74) is 3.46. The predicted molar refractivity (Wildman–Crippen MR) is 82.1 cm³/mol. The van der Waals surface area contributed by atoms with E-state index < -0.39 is 29.6 Å². The van der Waals surface area contributed by atoms with E-state index >= 15 is 0 Å². The summed E-state index contributed by atoms with van der Waals surface area (Å²) in [4.78, 5) is 47.1. The Morgan fingerprint density at radius 1 is 1.43 bits per heavy atom. The molecule has 23 heavy (non-hydrogen) atoms. The molecule has 10 heteroatoms. The van der Waals surface area contributed by atoms with Crippen LogP contribution in [0.25, 0.3) is 0 Å². The molecule has 118 valence electrons. The third-order valence-electron chi connectivity index (χ3n) is 2.94. The highest BCUT2D eigenvalue weighted by atomic mass is 32.1. The molecule has 0 saturated carbocycles. The van der Waals surface area contributed by atoms with Crippen LogP contribution in [0.1, 0.15) is 15.9 Å². The number of nitrogens with one attached hydrogen (secondary N) is 1. The van der Waals surface area contributed by atoms with Crippen molar-refractivity contribution in [1.82, 2.24) is 9.13 Å². The molecule has 0 aliphatic rings. The molecule has 2 aromatic rings. The Labute approximate surface area is 133 Å². The number of nitrogens with two attached hydrogens (primary N) is 1. The Hall–Kier alpha value is -3.19. The largest absolute Gasteiger partial charge is 0.366 e. The highest BCUT2D eigenvalue weighted by Crippen LogP contribution is 2.22. The van der Waals surface area contributed by atoms with Gasteiger partial charge in [0.05, 0.1) is 5.56 Å². The number of carbonyl (C=O) groups excluding carboxylic acids is 2. The number of carbonyl (C=O) groups is 2. The zero-order valence-corrected chi connectivity index (χ0v) is 12.7. The summed E-state index contributed by atoms with van der Waals surface area (Å²) in [7, 11) is 1.36. The van der Waals surface area contributed by atoms with Gasteiger partial charge in [0, 0.05) is 13.2 Å². The van der Waals surface area contributed by atoms with Gasteiger partial charge in [0.1, 0.15) is 23.2 Å². The van der Waals surface area contributed by atoms with Gasteiger partial charge in [-0.05, 0) is 11.4 Å². The molecule has 0 bridgehead atoms. The maximum absolute atomic E-state index is 12.0. The molecule has 0 unspecified atom stereocenters. The average molecular weight is 333 g/mol. The Bertz CT molecular complexity index is 946. The maximum Gasteiger partial charge on any atom is 0.331 e. The average Bonchev–Trinajstić information content (AvgIpc) is 2.95. The van der Waals surface area contributed by atoms with Crippen LogP contribution in [0.15, 0.2) is 27.2 Å². The van der Waals surface area contributed by atoms with Gasteiger partial charge in [0.15, 0.2) is 0 Å². The molecule has 0 saturated heterocycles. The summed E-state index contributed by atoms with van der Waals surface area (Å²) in [6, 6.07) is 3.11. The zero-order chi connectivity index (χ0) is 17.1. The lowest BCUT2D eigenvalue weighted by Crippen LogP contribution is -2.42. The number of hydrogen-bond donors (Lipinski definition) is 2. The topological polar surface area (TPSA) is 140 Å². The molecule has 0 spiro atoms. The molecule has 0 aliphatic heterocycles. The number of hydrogen-bond acceptors (Lipinski definition) is 6. The van der Waals surface area contributed by atoms with E-state index in [2.05, 4.69) is 5.32 Å². The number of amides is 2. The van der Waals surface area contributed by atoms with E-state index in [9.17, 15) is 19.2 Å². The van der Waals surface area contributed by atoms with Crippen molar-refractivity contribution in [2.45, 2.75) is 6.54 Å². The van der Waals surface area contributed by atoms with E-state index in [-0.39, 0.29) is 16.1 Å². The predicted octanol–water partition coefficient (Wildman–Crippen LogP) is -0.782. The lowest BCUT2D eigenvalue weighted by atomic mass is 10.3. The third kappa shape index (κ3) is 3.19. The summed E-state index contributed by atoms with van der Waals surface area (Å²) in [6.07, 6.45) is 1.10. The van der Waals surface area contributed by atoms with Crippen molar-refractivity contribution in [3.63, 3.8) is 0 Å². The first-order valence-electron chi connectivity index (χ1n) is 6.23. The lowest BCUT2D eigenvalue weighted by Gasteiger charge is -2.08. The van der Waals surface area contributed by atoms with Crippen molar-refractivity contribution in [1.29, 1.82) is 5.26 Å². The van der Waals surface area contributed by atoms with Gasteiger partial charge in [-0.15, -0.1) is 11.3 Å². The first-order chi connectivity index (χ1) is 10.8. The van der Waals surface area contributed by atoms with E-state index in [4.69, 9.17) is 11.0 Å². The Balaban J connectivity index is 2.32. The molecular formula is C13H11N5O4S. The van der Waals surface area contributed by atoms with Crippen LogP contribution in [0.4, 0.5) is 5.00 Å². The fourth-order valence-electron chi connectivity index (χ4n) is 1.85. The van der Waals surface area contributed by atoms with Crippen molar-refractivity contribution in [3.8, 4) is 6.07 Å². The molecule has 0 fully saturated rings. The number of aryl methyl sites for hydroxylation is 1. The highest BCUT2D eigenvalue weighted by molar-refractivity contribution is 7.14. The van der Waals surface area contributed by atoms with Gasteiger partial charge >= 0.3 is 5.69 Å².